The number of alkyl carbamates (subject to hydrolysis) is 1. The summed E-state index contributed by atoms with van der Waals surface area (Å²) in [5, 5.41) is 15.7. The summed E-state index contributed by atoms with van der Waals surface area (Å²) in [6.07, 6.45) is 5.29. The summed E-state index contributed by atoms with van der Waals surface area (Å²) in [6.45, 7) is 8.53. The summed E-state index contributed by atoms with van der Waals surface area (Å²) in [4.78, 5) is 52.7. The van der Waals surface area contributed by atoms with E-state index >= 15 is 0 Å². The van der Waals surface area contributed by atoms with Crippen molar-refractivity contribution in [3.8, 4) is 11.8 Å². The molecule has 4 rings (SSSR count). The maximum absolute atomic E-state index is 14.1. The first-order valence-electron chi connectivity index (χ1n) is 14.4. The average Bonchev–Trinajstić information content (AvgIpc) is 3.50. The zero-order valence-electron chi connectivity index (χ0n) is 23.9. The number of thiophene rings is 1. The van der Waals surface area contributed by atoms with Gasteiger partial charge in [-0.3, -0.25) is 9.59 Å². The molecule has 3 aliphatic rings. The monoisotopic (exact) mass is 571 g/mol. The Morgan fingerprint density at radius 3 is 2.35 bits per heavy atom. The summed E-state index contributed by atoms with van der Waals surface area (Å²) in [5.41, 5.74) is 0.201. The highest BCUT2D eigenvalue weighted by atomic mass is 32.1. The first-order chi connectivity index (χ1) is 18.9. The van der Waals surface area contributed by atoms with Crippen LogP contribution in [0, 0.1) is 29.1 Å². The molecule has 1 atom stereocenters. The van der Waals surface area contributed by atoms with E-state index < -0.39 is 18.2 Å². The van der Waals surface area contributed by atoms with E-state index in [9.17, 15) is 24.3 Å². The lowest BCUT2D eigenvalue weighted by Gasteiger charge is -2.39. The molecule has 1 aromatic heterocycles. The van der Waals surface area contributed by atoms with Crippen molar-refractivity contribution in [2.75, 3.05) is 11.4 Å². The third-order valence-corrected chi connectivity index (χ3v) is 8.95. The molecule has 2 heterocycles. The number of carboxylic acid groups (broad SMARTS) is 1. The zero-order valence-corrected chi connectivity index (χ0v) is 24.7. The number of nitrogens with zero attached hydrogens (tertiary/aromatic N) is 1. The summed E-state index contributed by atoms with van der Waals surface area (Å²) in [6, 6.07) is 1.49. The number of aromatic carboxylic acids is 1. The lowest BCUT2D eigenvalue weighted by Crippen LogP contribution is -2.49. The smallest absolute Gasteiger partial charge is 0.407 e. The Morgan fingerprint density at radius 2 is 1.77 bits per heavy atom. The molecule has 0 spiro atoms. The second kappa shape index (κ2) is 12.6. The van der Waals surface area contributed by atoms with E-state index in [1.54, 1.807) is 11.0 Å². The molecule has 1 aromatic rings. The number of amides is 3. The van der Waals surface area contributed by atoms with Gasteiger partial charge in [0.2, 0.25) is 11.8 Å². The van der Waals surface area contributed by atoms with Crippen molar-refractivity contribution < 1.29 is 29.0 Å². The lowest BCUT2D eigenvalue weighted by atomic mass is 9.81. The predicted octanol–water partition coefficient (Wildman–Crippen LogP) is 4.93. The molecule has 10 heteroatoms. The van der Waals surface area contributed by atoms with Crippen molar-refractivity contribution in [1.82, 2.24) is 10.6 Å². The van der Waals surface area contributed by atoms with Gasteiger partial charge >= 0.3 is 12.1 Å². The number of anilines is 1. The molecular weight excluding hydrogens is 530 g/mol. The van der Waals surface area contributed by atoms with Gasteiger partial charge in [0, 0.05) is 23.4 Å². The van der Waals surface area contributed by atoms with Crippen LogP contribution in [0.25, 0.3) is 0 Å². The molecule has 3 amide bonds. The highest BCUT2D eigenvalue weighted by Crippen LogP contribution is 2.39. The molecular formula is C30H41N3O6S. The molecule has 40 heavy (non-hydrogen) atoms. The van der Waals surface area contributed by atoms with Gasteiger partial charge in [-0.2, -0.15) is 0 Å². The number of hydrogen-bond donors (Lipinski definition) is 3. The van der Waals surface area contributed by atoms with Crippen molar-refractivity contribution in [2.24, 2.45) is 17.3 Å². The standard InChI is InChI=1S/C30H41N3O6S/c1-18-5-7-19(8-6-18)27(35)33(24-16-23(13-14-30(2,3)4)40-26(24)28(36)37)21-11-9-20(10-12-21)32-29(38)39-22-15-25(34)31-17-22/h16,18-22H,5-12,15,17H2,1-4H3,(H,31,34)(H,32,38)(H,36,37)/t18-,19-,20?,21?,22-/m0/s1. The quantitative estimate of drug-likeness (QED) is 0.416. The molecule has 0 radical (unpaired) electrons. The van der Waals surface area contributed by atoms with Gasteiger partial charge in [-0.05, 0) is 84.1 Å². The van der Waals surface area contributed by atoms with Gasteiger partial charge in [-0.25, -0.2) is 9.59 Å². The van der Waals surface area contributed by atoms with Crippen LogP contribution in [0.15, 0.2) is 6.07 Å². The molecule has 0 aromatic carbocycles. The Balaban J connectivity index is 1.52. The van der Waals surface area contributed by atoms with Crippen molar-refractivity contribution in [3.63, 3.8) is 0 Å². The molecule has 1 saturated heterocycles. The van der Waals surface area contributed by atoms with E-state index in [2.05, 4.69) is 29.4 Å². The fourth-order valence-electron chi connectivity index (χ4n) is 5.72. The van der Waals surface area contributed by atoms with Crippen LogP contribution in [0.3, 0.4) is 0 Å². The number of carbonyl (C=O) groups excluding carboxylic acids is 3. The number of ether oxygens (including phenoxy) is 1. The van der Waals surface area contributed by atoms with E-state index in [0.29, 0.717) is 48.7 Å². The average molecular weight is 572 g/mol. The Bertz CT molecular complexity index is 1180. The second-order valence-corrected chi connectivity index (χ2v) is 13.5. The maximum atomic E-state index is 14.1. The fraction of sp³-hybridized carbons (Fsp3) is 0.667. The number of carboxylic acids is 1. The van der Waals surface area contributed by atoms with Crippen molar-refractivity contribution in [1.29, 1.82) is 0 Å². The van der Waals surface area contributed by atoms with Crippen molar-refractivity contribution >= 4 is 40.9 Å². The van der Waals surface area contributed by atoms with Crippen molar-refractivity contribution in [2.45, 2.75) is 104 Å². The number of carbonyl (C=O) groups is 4. The first kappa shape index (κ1) is 29.9. The van der Waals surface area contributed by atoms with Crippen LogP contribution >= 0.6 is 11.3 Å². The molecule has 9 nitrogen and oxygen atoms in total. The van der Waals surface area contributed by atoms with Crippen LogP contribution in [0.4, 0.5) is 10.5 Å². The number of rotatable bonds is 6. The van der Waals surface area contributed by atoms with E-state index in [1.807, 2.05) is 20.8 Å². The summed E-state index contributed by atoms with van der Waals surface area (Å²) >= 11 is 1.12. The molecule has 1 aliphatic heterocycles. The van der Waals surface area contributed by atoms with E-state index in [4.69, 9.17) is 4.74 Å². The SMILES string of the molecule is CC(C)(C)C#Cc1cc(N(C(=O)[C@H]2CC[C@H](C)CC2)C2CCC(NC(=O)O[C@@H]3CNC(=O)C3)CC2)c(C(=O)O)s1. The van der Waals surface area contributed by atoms with Gasteiger partial charge in [0.15, 0.2) is 0 Å². The Morgan fingerprint density at radius 1 is 1.10 bits per heavy atom. The minimum Gasteiger partial charge on any atom is -0.477 e. The molecule has 3 N–H and O–H groups in total. The normalized spacial score (nSPS) is 26.7. The Hall–Kier alpha value is -3.06. The van der Waals surface area contributed by atoms with Crippen molar-refractivity contribution in [3.05, 3.63) is 15.8 Å². The Labute approximate surface area is 240 Å². The zero-order chi connectivity index (χ0) is 29.0. The largest absolute Gasteiger partial charge is 0.477 e. The van der Waals surface area contributed by atoms with Crippen LogP contribution < -0.4 is 15.5 Å². The molecule has 0 bridgehead atoms. The van der Waals surface area contributed by atoms with Gasteiger partial charge < -0.3 is 25.4 Å². The molecule has 2 saturated carbocycles. The van der Waals surface area contributed by atoms with Crippen LogP contribution in [-0.4, -0.2) is 53.7 Å². The summed E-state index contributed by atoms with van der Waals surface area (Å²) in [7, 11) is 0. The molecule has 218 valence electrons. The molecule has 3 fully saturated rings. The Kier molecular flexibility index (Phi) is 9.44. The van der Waals surface area contributed by atoms with Gasteiger partial charge in [-0.1, -0.05) is 18.8 Å². The highest BCUT2D eigenvalue weighted by molar-refractivity contribution is 7.15. The van der Waals surface area contributed by atoms with Gasteiger partial charge in [-0.15, -0.1) is 11.3 Å². The van der Waals surface area contributed by atoms with Crippen LogP contribution in [0.5, 0.6) is 0 Å². The minimum absolute atomic E-state index is 0.00301. The predicted molar refractivity (Wildman–Crippen MR) is 153 cm³/mol. The van der Waals surface area contributed by atoms with Crippen LogP contribution in [-0.2, 0) is 14.3 Å². The van der Waals surface area contributed by atoms with E-state index in [0.717, 1.165) is 37.0 Å². The van der Waals surface area contributed by atoms with E-state index in [-0.39, 0.29) is 46.5 Å². The maximum Gasteiger partial charge on any atom is 0.407 e. The van der Waals surface area contributed by atoms with Gasteiger partial charge in [0.05, 0.1) is 23.5 Å². The first-order valence-corrected chi connectivity index (χ1v) is 15.2. The lowest BCUT2D eigenvalue weighted by molar-refractivity contribution is -0.124. The minimum atomic E-state index is -1.06. The third kappa shape index (κ3) is 7.78. The number of hydrogen-bond acceptors (Lipinski definition) is 6. The van der Waals surface area contributed by atoms with Crippen LogP contribution in [0.2, 0.25) is 0 Å². The highest BCUT2D eigenvalue weighted by Gasteiger charge is 2.38. The topological polar surface area (TPSA) is 125 Å². The second-order valence-electron chi connectivity index (χ2n) is 12.5. The van der Waals surface area contributed by atoms with Gasteiger partial charge in [0.25, 0.3) is 0 Å². The summed E-state index contributed by atoms with van der Waals surface area (Å²) in [5.74, 6) is 5.57. The fourth-order valence-corrected chi connectivity index (χ4v) is 6.56. The molecule has 2 aliphatic carbocycles. The molecule has 0 unspecified atom stereocenters. The van der Waals surface area contributed by atoms with E-state index in [1.165, 1.54) is 0 Å². The van der Waals surface area contributed by atoms with Gasteiger partial charge in [0.1, 0.15) is 11.0 Å². The number of nitrogens with one attached hydrogen (secondary N) is 2. The van der Waals surface area contributed by atoms with Crippen LogP contribution in [0.1, 0.15) is 100 Å². The summed E-state index contributed by atoms with van der Waals surface area (Å²) < 4.78 is 5.37. The third-order valence-electron chi connectivity index (χ3n) is 7.93.